The fraction of sp³-hybridized carbons (Fsp3) is 0.357. The highest BCUT2D eigenvalue weighted by molar-refractivity contribution is 5.55. The molecular formula is C14H19N3O2. The summed E-state index contributed by atoms with van der Waals surface area (Å²) in [5.41, 5.74) is 7.04. The van der Waals surface area contributed by atoms with Gasteiger partial charge in [0.05, 0.1) is 25.3 Å². The van der Waals surface area contributed by atoms with Gasteiger partial charge in [-0.2, -0.15) is 0 Å². The first-order chi connectivity index (χ1) is 9.27. The third-order valence-electron chi connectivity index (χ3n) is 3.10. The van der Waals surface area contributed by atoms with Crippen molar-refractivity contribution in [2.75, 3.05) is 20.3 Å². The molecule has 0 aliphatic heterocycles. The summed E-state index contributed by atoms with van der Waals surface area (Å²) in [4.78, 5) is 4.35. The molecule has 5 nitrogen and oxygen atoms in total. The standard InChI is InChI=1S/C14H19N3O2/c1-19-10-12(15)13(9-18)17-8-7-16-14(17)11-5-3-2-4-6-11/h2-8,12-13,18H,9-10,15H2,1H3. The van der Waals surface area contributed by atoms with E-state index in [1.54, 1.807) is 13.3 Å². The second-order valence-electron chi connectivity index (χ2n) is 4.39. The first-order valence-corrected chi connectivity index (χ1v) is 6.21. The molecule has 1 heterocycles. The molecular weight excluding hydrogens is 242 g/mol. The van der Waals surface area contributed by atoms with Crippen LogP contribution in [0.2, 0.25) is 0 Å². The van der Waals surface area contributed by atoms with Gasteiger partial charge in [0, 0.05) is 25.1 Å². The van der Waals surface area contributed by atoms with Gasteiger partial charge in [-0.25, -0.2) is 4.98 Å². The van der Waals surface area contributed by atoms with Crippen molar-refractivity contribution >= 4 is 0 Å². The number of methoxy groups -OCH3 is 1. The average molecular weight is 261 g/mol. The minimum absolute atomic E-state index is 0.0548. The predicted octanol–water partition coefficient (Wildman–Crippen LogP) is 1.06. The minimum atomic E-state index is -0.285. The maximum absolute atomic E-state index is 9.58. The largest absolute Gasteiger partial charge is 0.394 e. The molecule has 2 unspecified atom stereocenters. The summed E-state index contributed by atoms with van der Waals surface area (Å²) in [5, 5.41) is 9.58. The van der Waals surface area contributed by atoms with Crippen molar-refractivity contribution in [3.8, 4) is 11.4 Å². The average Bonchev–Trinajstić information content (AvgIpc) is 2.90. The molecule has 102 valence electrons. The Balaban J connectivity index is 2.32. The molecule has 0 fully saturated rings. The van der Waals surface area contributed by atoms with Crippen LogP contribution >= 0.6 is 0 Å². The van der Waals surface area contributed by atoms with Crippen molar-refractivity contribution in [2.45, 2.75) is 12.1 Å². The lowest BCUT2D eigenvalue weighted by molar-refractivity contribution is 0.130. The SMILES string of the molecule is COCC(N)C(CO)n1ccnc1-c1ccccc1. The molecule has 1 aromatic carbocycles. The van der Waals surface area contributed by atoms with Crippen LogP contribution in [-0.2, 0) is 4.74 Å². The van der Waals surface area contributed by atoms with Crippen LogP contribution in [0, 0.1) is 0 Å². The molecule has 0 radical (unpaired) electrons. The van der Waals surface area contributed by atoms with Crippen LogP contribution in [0.25, 0.3) is 11.4 Å². The highest BCUT2D eigenvalue weighted by Gasteiger charge is 2.21. The normalized spacial score (nSPS) is 14.3. The van der Waals surface area contributed by atoms with Crippen molar-refractivity contribution < 1.29 is 9.84 Å². The van der Waals surface area contributed by atoms with Crippen LogP contribution in [0.15, 0.2) is 42.7 Å². The zero-order chi connectivity index (χ0) is 13.7. The van der Waals surface area contributed by atoms with Crippen LogP contribution in [0.4, 0.5) is 0 Å². The molecule has 0 aliphatic rings. The van der Waals surface area contributed by atoms with E-state index in [-0.39, 0.29) is 18.7 Å². The molecule has 2 aromatic rings. The third-order valence-corrected chi connectivity index (χ3v) is 3.10. The molecule has 0 spiro atoms. The number of ether oxygens (including phenoxy) is 1. The van der Waals surface area contributed by atoms with Gasteiger partial charge >= 0.3 is 0 Å². The molecule has 0 saturated carbocycles. The van der Waals surface area contributed by atoms with Gasteiger partial charge in [0.15, 0.2) is 0 Å². The fourth-order valence-corrected chi connectivity index (χ4v) is 2.12. The number of aliphatic hydroxyl groups excluding tert-OH is 1. The highest BCUT2D eigenvalue weighted by Crippen LogP contribution is 2.22. The fourth-order valence-electron chi connectivity index (χ4n) is 2.12. The van der Waals surface area contributed by atoms with Crippen molar-refractivity contribution in [1.82, 2.24) is 9.55 Å². The van der Waals surface area contributed by atoms with Gasteiger partial charge in [-0.3, -0.25) is 0 Å². The molecule has 0 saturated heterocycles. The van der Waals surface area contributed by atoms with Crippen molar-refractivity contribution in [2.24, 2.45) is 5.73 Å². The van der Waals surface area contributed by atoms with Crippen LogP contribution < -0.4 is 5.73 Å². The number of hydrogen-bond acceptors (Lipinski definition) is 4. The monoisotopic (exact) mass is 261 g/mol. The van der Waals surface area contributed by atoms with Gasteiger partial charge in [0.25, 0.3) is 0 Å². The summed E-state index contributed by atoms with van der Waals surface area (Å²) in [6.45, 7) is 0.332. The number of nitrogens with two attached hydrogens (primary N) is 1. The number of rotatable bonds is 6. The summed E-state index contributed by atoms with van der Waals surface area (Å²) in [7, 11) is 1.60. The minimum Gasteiger partial charge on any atom is -0.394 e. The first kappa shape index (κ1) is 13.7. The van der Waals surface area contributed by atoms with Crippen molar-refractivity contribution in [3.63, 3.8) is 0 Å². The van der Waals surface area contributed by atoms with E-state index in [0.717, 1.165) is 11.4 Å². The van der Waals surface area contributed by atoms with E-state index < -0.39 is 0 Å². The van der Waals surface area contributed by atoms with E-state index in [4.69, 9.17) is 10.5 Å². The molecule has 3 N–H and O–H groups in total. The summed E-state index contributed by atoms with van der Waals surface area (Å²) in [6, 6.07) is 9.29. The number of hydrogen-bond donors (Lipinski definition) is 2. The summed E-state index contributed by atoms with van der Waals surface area (Å²) >= 11 is 0. The van der Waals surface area contributed by atoms with E-state index >= 15 is 0 Å². The van der Waals surface area contributed by atoms with Crippen molar-refractivity contribution in [3.05, 3.63) is 42.7 Å². The summed E-state index contributed by atoms with van der Waals surface area (Å²) < 4.78 is 6.96. The van der Waals surface area contributed by atoms with E-state index in [9.17, 15) is 5.11 Å². The number of aliphatic hydroxyl groups is 1. The van der Waals surface area contributed by atoms with E-state index in [2.05, 4.69) is 4.98 Å². The summed E-state index contributed by atoms with van der Waals surface area (Å²) in [6.07, 6.45) is 3.54. The second kappa shape index (κ2) is 6.47. The van der Waals surface area contributed by atoms with E-state index in [1.807, 2.05) is 41.1 Å². The zero-order valence-electron chi connectivity index (χ0n) is 10.9. The van der Waals surface area contributed by atoms with Gasteiger partial charge in [0.1, 0.15) is 5.82 Å². The second-order valence-corrected chi connectivity index (χ2v) is 4.39. The lowest BCUT2D eigenvalue weighted by Gasteiger charge is -2.24. The molecule has 0 amide bonds. The number of imidazole rings is 1. The number of aromatic nitrogens is 2. The Hall–Kier alpha value is -1.69. The Kier molecular flexibility index (Phi) is 4.68. The Morgan fingerprint density at radius 1 is 1.37 bits per heavy atom. The smallest absolute Gasteiger partial charge is 0.140 e. The molecule has 2 rings (SSSR count). The van der Waals surface area contributed by atoms with Crippen LogP contribution in [0.1, 0.15) is 6.04 Å². The molecule has 2 atom stereocenters. The van der Waals surface area contributed by atoms with E-state index in [1.165, 1.54) is 0 Å². The van der Waals surface area contributed by atoms with Gasteiger partial charge in [0.2, 0.25) is 0 Å². The van der Waals surface area contributed by atoms with Crippen LogP contribution in [-0.4, -0.2) is 41.0 Å². The summed E-state index contributed by atoms with van der Waals surface area (Å²) in [5.74, 6) is 0.797. The highest BCUT2D eigenvalue weighted by atomic mass is 16.5. The first-order valence-electron chi connectivity index (χ1n) is 6.21. The maximum Gasteiger partial charge on any atom is 0.140 e. The van der Waals surface area contributed by atoms with Gasteiger partial charge < -0.3 is 20.1 Å². The lowest BCUT2D eigenvalue weighted by Crippen LogP contribution is -2.38. The quantitative estimate of drug-likeness (QED) is 0.815. The zero-order valence-corrected chi connectivity index (χ0v) is 10.9. The van der Waals surface area contributed by atoms with Crippen LogP contribution in [0.3, 0.4) is 0 Å². The Morgan fingerprint density at radius 3 is 2.74 bits per heavy atom. The van der Waals surface area contributed by atoms with Crippen LogP contribution in [0.5, 0.6) is 0 Å². The topological polar surface area (TPSA) is 73.3 Å². The Morgan fingerprint density at radius 2 is 2.11 bits per heavy atom. The van der Waals surface area contributed by atoms with Gasteiger partial charge in [-0.05, 0) is 0 Å². The van der Waals surface area contributed by atoms with Crippen molar-refractivity contribution in [1.29, 1.82) is 0 Å². The number of nitrogens with zero attached hydrogens (tertiary/aromatic N) is 2. The number of benzene rings is 1. The molecule has 0 aliphatic carbocycles. The molecule has 1 aromatic heterocycles. The van der Waals surface area contributed by atoms with Gasteiger partial charge in [-0.1, -0.05) is 30.3 Å². The Bertz CT molecular complexity index is 498. The molecule has 5 heteroatoms. The predicted molar refractivity (Wildman–Crippen MR) is 73.6 cm³/mol. The molecule has 0 bridgehead atoms. The maximum atomic E-state index is 9.58. The van der Waals surface area contributed by atoms with E-state index in [0.29, 0.717) is 6.61 Å². The Labute approximate surface area is 112 Å². The molecule has 19 heavy (non-hydrogen) atoms. The lowest BCUT2D eigenvalue weighted by atomic mass is 10.1. The van der Waals surface area contributed by atoms with Gasteiger partial charge in [-0.15, -0.1) is 0 Å². The third kappa shape index (κ3) is 3.01.